The van der Waals surface area contributed by atoms with Gasteiger partial charge in [-0.1, -0.05) is 12.1 Å². The molecule has 1 N–H and O–H groups in total. The normalized spacial score (nSPS) is 12.0. The lowest BCUT2D eigenvalue weighted by Crippen LogP contribution is -2.10. The Bertz CT molecular complexity index is 559. The summed E-state index contributed by atoms with van der Waals surface area (Å²) in [5.74, 6) is 1.12. The molecule has 7 heteroatoms. The van der Waals surface area contributed by atoms with Gasteiger partial charge < -0.3 is 10.1 Å². The predicted molar refractivity (Wildman–Crippen MR) is 74.9 cm³/mol. The van der Waals surface area contributed by atoms with Gasteiger partial charge in [0, 0.05) is 0 Å². The lowest BCUT2D eigenvalue weighted by Gasteiger charge is -2.15. The van der Waals surface area contributed by atoms with Crippen molar-refractivity contribution in [2.24, 2.45) is 0 Å². The Kier molecular flexibility index (Phi) is 4.39. The third kappa shape index (κ3) is 3.68. The molecule has 1 aromatic heterocycles. The predicted octanol–water partition coefficient (Wildman–Crippen LogP) is 3.36. The van der Waals surface area contributed by atoms with Gasteiger partial charge in [-0.3, -0.25) is 0 Å². The Balaban J connectivity index is 2.17. The lowest BCUT2D eigenvalue weighted by molar-refractivity contribution is 0.414. The summed E-state index contributed by atoms with van der Waals surface area (Å²) < 4.78 is 5.18. The number of ether oxygens (including phenoxy) is 1. The molecule has 0 aliphatic rings. The van der Waals surface area contributed by atoms with Crippen LogP contribution in [0.25, 0.3) is 0 Å². The number of halogens is 2. The number of benzene rings is 1. The Morgan fingerprint density at radius 3 is 2.47 bits per heavy atom. The first-order chi connectivity index (χ1) is 9.08. The van der Waals surface area contributed by atoms with Gasteiger partial charge in [-0.15, -0.1) is 0 Å². The molecule has 0 fully saturated rings. The number of hydrogen-bond acceptors (Lipinski definition) is 5. The van der Waals surface area contributed by atoms with Gasteiger partial charge in [0.15, 0.2) is 0 Å². The van der Waals surface area contributed by atoms with Crippen LogP contribution in [0.1, 0.15) is 18.5 Å². The van der Waals surface area contributed by atoms with E-state index >= 15 is 0 Å². The van der Waals surface area contributed by atoms with E-state index in [4.69, 9.17) is 27.9 Å². The maximum atomic E-state index is 5.72. The second kappa shape index (κ2) is 6.04. The number of anilines is 1. The monoisotopic (exact) mass is 298 g/mol. The Hall–Kier alpha value is -1.59. The van der Waals surface area contributed by atoms with Crippen LogP contribution in [0.4, 0.5) is 5.95 Å². The molecule has 2 aromatic rings. The second-order valence-corrected chi connectivity index (χ2v) is 4.52. The van der Waals surface area contributed by atoms with Gasteiger partial charge in [-0.05, 0) is 47.8 Å². The van der Waals surface area contributed by atoms with Crippen LogP contribution in [0.3, 0.4) is 0 Å². The van der Waals surface area contributed by atoms with Gasteiger partial charge >= 0.3 is 0 Å². The molecule has 0 aliphatic carbocycles. The van der Waals surface area contributed by atoms with E-state index < -0.39 is 0 Å². The number of methoxy groups -OCH3 is 1. The molecule has 100 valence electrons. The molecule has 0 amide bonds. The highest BCUT2D eigenvalue weighted by molar-refractivity contribution is 6.31. The highest BCUT2D eigenvalue weighted by Crippen LogP contribution is 2.22. The molecule has 1 heterocycles. The molecule has 5 nitrogen and oxygen atoms in total. The maximum Gasteiger partial charge on any atom is 0.228 e. The number of aromatic nitrogens is 3. The molecule has 0 aliphatic heterocycles. The minimum absolute atomic E-state index is 0.0235. The number of hydrogen-bond donors (Lipinski definition) is 1. The maximum absolute atomic E-state index is 5.72. The molecule has 0 bridgehead atoms. The van der Waals surface area contributed by atoms with Crippen molar-refractivity contribution in [3.05, 3.63) is 40.4 Å². The first-order valence-electron chi connectivity index (χ1n) is 5.56. The van der Waals surface area contributed by atoms with Gasteiger partial charge in [-0.25, -0.2) is 0 Å². The van der Waals surface area contributed by atoms with E-state index in [2.05, 4.69) is 20.3 Å². The fourth-order valence-corrected chi connectivity index (χ4v) is 1.94. The van der Waals surface area contributed by atoms with Crippen molar-refractivity contribution in [1.29, 1.82) is 0 Å². The zero-order chi connectivity index (χ0) is 13.8. The Morgan fingerprint density at radius 1 is 1.16 bits per heavy atom. The quantitative estimate of drug-likeness (QED) is 0.938. The van der Waals surface area contributed by atoms with Gasteiger partial charge in [0.05, 0.1) is 13.2 Å². The van der Waals surface area contributed by atoms with Crippen LogP contribution in [0.5, 0.6) is 5.75 Å². The van der Waals surface area contributed by atoms with Crippen LogP contribution in [-0.2, 0) is 0 Å². The van der Waals surface area contributed by atoms with Crippen molar-refractivity contribution in [3.63, 3.8) is 0 Å². The number of rotatable bonds is 4. The zero-order valence-electron chi connectivity index (χ0n) is 10.4. The van der Waals surface area contributed by atoms with E-state index in [1.165, 1.54) is 0 Å². The summed E-state index contributed by atoms with van der Waals surface area (Å²) in [6.45, 7) is 1.97. The van der Waals surface area contributed by atoms with Gasteiger partial charge in [-0.2, -0.15) is 15.0 Å². The molecule has 1 unspecified atom stereocenters. The molecule has 0 radical (unpaired) electrons. The fourth-order valence-electron chi connectivity index (χ4n) is 1.58. The Morgan fingerprint density at radius 2 is 1.84 bits per heavy atom. The van der Waals surface area contributed by atoms with Crippen molar-refractivity contribution in [2.45, 2.75) is 13.0 Å². The summed E-state index contributed by atoms with van der Waals surface area (Å²) in [7, 11) is 1.63. The summed E-state index contributed by atoms with van der Waals surface area (Å²) in [6.07, 6.45) is 0. The summed E-state index contributed by atoms with van der Waals surface area (Å²) in [4.78, 5) is 11.6. The van der Waals surface area contributed by atoms with Crippen LogP contribution in [-0.4, -0.2) is 22.1 Å². The molecular formula is C12H12Cl2N4O. The average molecular weight is 299 g/mol. The molecule has 19 heavy (non-hydrogen) atoms. The SMILES string of the molecule is COc1cccc(C(C)Nc2nc(Cl)nc(Cl)n2)c1. The van der Waals surface area contributed by atoms with Crippen molar-refractivity contribution in [2.75, 3.05) is 12.4 Å². The van der Waals surface area contributed by atoms with Crippen molar-refractivity contribution < 1.29 is 4.74 Å². The fraction of sp³-hybridized carbons (Fsp3) is 0.250. The topological polar surface area (TPSA) is 59.9 Å². The summed E-state index contributed by atoms with van der Waals surface area (Å²) in [5.41, 5.74) is 1.03. The third-order valence-electron chi connectivity index (χ3n) is 2.52. The average Bonchev–Trinajstić information content (AvgIpc) is 2.37. The van der Waals surface area contributed by atoms with Crippen molar-refractivity contribution in [1.82, 2.24) is 15.0 Å². The Labute approximate surface area is 121 Å². The molecule has 0 saturated heterocycles. The van der Waals surface area contributed by atoms with Gasteiger partial charge in [0.25, 0.3) is 0 Å². The smallest absolute Gasteiger partial charge is 0.228 e. The minimum atomic E-state index is -0.0235. The molecule has 0 spiro atoms. The van der Waals surface area contributed by atoms with E-state index in [1.807, 2.05) is 31.2 Å². The van der Waals surface area contributed by atoms with Crippen LogP contribution >= 0.6 is 23.2 Å². The van der Waals surface area contributed by atoms with Crippen LogP contribution in [0, 0.1) is 0 Å². The number of nitrogens with zero attached hydrogens (tertiary/aromatic N) is 3. The highest BCUT2D eigenvalue weighted by Gasteiger charge is 2.09. The van der Waals surface area contributed by atoms with Crippen molar-refractivity contribution in [3.8, 4) is 5.75 Å². The van der Waals surface area contributed by atoms with Crippen LogP contribution in [0.15, 0.2) is 24.3 Å². The van der Waals surface area contributed by atoms with E-state index in [-0.39, 0.29) is 16.6 Å². The molecule has 2 rings (SSSR count). The first kappa shape index (κ1) is 13.8. The van der Waals surface area contributed by atoms with Crippen molar-refractivity contribution >= 4 is 29.2 Å². The second-order valence-electron chi connectivity index (χ2n) is 3.84. The molecule has 1 aromatic carbocycles. The molecular weight excluding hydrogens is 287 g/mol. The summed E-state index contributed by atoms with van der Waals surface area (Å²) in [6, 6.07) is 7.68. The standard InChI is InChI=1S/C12H12Cl2N4O/c1-7(8-4-3-5-9(6-8)19-2)15-12-17-10(13)16-11(14)18-12/h3-7H,1-2H3,(H,15,16,17,18). The van der Waals surface area contributed by atoms with Gasteiger partial charge in [0.1, 0.15) is 5.75 Å². The van der Waals surface area contributed by atoms with E-state index in [1.54, 1.807) is 7.11 Å². The summed E-state index contributed by atoms with van der Waals surface area (Å²) in [5, 5.41) is 3.22. The van der Waals surface area contributed by atoms with E-state index in [0.29, 0.717) is 5.95 Å². The third-order valence-corrected chi connectivity index (χ3v) is 2.86. The number of nitrogens with one attached hydrogen (secondary N) is 1. The van der Waals surface area contributed by atoms with Crippen LogP contribution < -0.4 is 10.1 Å². The summed E-state index contributed by atoms with van der Waals surface area (Å²) >= 11 is 11.4. The minimum Gasteiger partial charge on any atom is -0.497 e. The van der Waals surface area contributed by atoms with Gasteiger partial charge in [0.2, 0.25) is 16.5 Å². The first-order valence-corrected chi connectivity index (χ1v) is 6.31. The molecule has 1 atom stereocenters. The largest absolute Gasteiger partial charge is 0.497 e. The highest BCUT2D eigenvalue weighted by atomic mass is 35.5. The zero-order valence-corrected chi connectivity index (χ0v) is 11.9. The van der Waals surface area contributed by atoms with Crippen LogP contribution in [0.2, 0.25) is 10.6 Å². The lowest BCUT2D eigenvalue weighted by atomic mass is 10.1. The molecule has 0 saturated carbocycles. The van der Waals surface area contributed by atoms with E-state index in [0.717, 1.165) is 11.3 Å². The van der Waals surface area contributed by atoms with E-state index in [9.17, 15) is 0 Å².